The van der Waals surface area contributed by atoms with Gasteiger partial charge in [0.15, 0.2) is 11.5 Å². The number of methoxy groups -OCH3 is 1. The maximum Gasteiger partial charge on any atom is 0.416 e. The van der Waals surface area contributed by atoms with E-state index in [1.165, 1.54) is 7.11 Å². The lowest BCUT2D eigenvalue weighted by Crippen LogP contribution is -2.13. The quantitative estimate of drug-likeness (QED) is 0.402. The number of nitro groups is 1. The molecule has 0 bridgehead atoms. The van der Waals surface area contributed by atoms with Crippen LogP contribution in [0.3, 0.4) is 0 Å². The highest BCUT2D eigenvalue weighted by Crippen LogP contribution is 2.44. The molecule has 2 heterocycles. The van der Waals surface area contributed by atoms with Crippen molar-refractivity contribution in [3.63, 3.8) is 0 Å². The molecule has 2 aromatic carbocycles. The second kappa shape index (κ2) is 8.05. The molecule has 8 nitrogen and oxygen atoms in total. The molecule has 1 N–H and O–H groups in total. The molecular weight excluding hydrogens is 441 g/mol. The van der Waals surface area contributed by atoms with Crippen molar-refractivity contribution < 1.29 is 27.6 Å². The first kappa shape index (κ1) is 22.6. The molecule has 0 radical (unpaired) electrons. The summed E-state index contributed by atoms with van der Waals surface area (Å²) in [7, 11) is 1.51. The van der Waals surface area contributed by atoms with Gasteiger partial charge >= 0.3 is 6.18 Å². The molecule has 0 aliphatic carbocycles. The molecule has 2 atom stereocenters. The summed E-state index contributed by atoms with van der Waals surface area (Å²) in [5.74, 6) is 1.95. The molecule has 1 unspecified atom stereocenters. The Labute approximate surface area is 186 Å². The van der Waals surface area contributed by atoms with Crippen LogP contribution < -0.4 is 14.8 Å². The van der Waals surface area contributed by atoms with Crippen LogP contribution in [0, 0.1) is 17.0 Å². The van der Waals surface area contributed by atoms with Crippen molar-refractivity contribution in [1.82, 2.24) is 9.97 Å². The molecule has 0 saturated carbocycles. The first-order valence-electron chi connectivity index (χ1n) is 10.2. The highest BCUT2D eigenvalue weighted by Gasteiger charge is 2.33. The summed E-state index contributed by atoms with van der Waals surface area (Å²) in [4.78, 5) is 19.4. The van der Waals surface area contributed by atoms with Crippen LogP contribution in [-0.2, 0) is 12.6 Å². The Bertz CT molecular complexity index is 1260. The van der Waals surface area contributed by atoms with E-state index in [2.05, 4.69) is 15.3 Å². The number of non-ortho nitro benzene ring substituents is 1. The molecular formula is C22H21F3N4O4. The van der Waals surface area contributed by atoms with Gasteiger partial charge in [0.2, 0.25) is 0 Å². The third kappa shape index (κ3) is 4.22. The van der Waals surface area contributed by atoms with Crippen LogP contribution in [0.15, 0.2) is 24.3 Å². The minimum atomic E-state index is -4.72. The number of rotatable bonds is 5. The summed E-state index contributed by atoms with van der Waals surface area (Å²) in [6.45, 7) is 5.25. The van der Waals surface area contributed by atoms with Gasteiger partial charge in [-0.05, 0) is 38.5 Å². The Morgan fingerprint density at radius 2 is 2.00 bits per heavy atom. The lowest BCUT2D eigenvalue weighted by Gasteiger charge is -2.19. The number of nitrogens with one attached hydrogen (secondary N) is 1. The average Bonchev–Trinajstić information content (AvgIpc) is 3.14. The smallest absolute Gasteiger partial charge is 0.416 e. The fraction of sp³-hybridized carbons (Fsp3) is 0.364. The fourth-order valence-corrected chi connectivity index (χ4v) is 3.95. The zero-order valence-electron chi connectivity index (χ0n) is 18.3. The molecule has 174 valence electrons. The zero-order chi connectivity index (χ0) is 24.1. The van der Waals surface area contributed by atoms with Gasteiger partial charge in [-0.3, -0.25) is 10.1 Å². The number of ether oxygens (including phenoxy) is 2. The Kier molecular flexibility index (Phi) is 5.51. The molecule has 4 rings (SSSR count). The van der Waals surface area contributed by atoms with E-state index < -0.39 is 28.4 Å². The van der Waals surface area contributed by atoms with Crippen LogP contribution >= 0.6 is 0 Å². The third-order valence-electron chi connectivity index (χ3n) is 5.48. The summed E-state index contributed by atoms with van der Waals surface area (Å²) in [5.41, 5.74) is -0.0938. The predicted octanol–water partition coefficient (Wildman–Crippen LogP) is 5.37. The Hall–Kier alpha value is -3.63. The SMILES string of the molecule is COc1cc2c(N[C@H](C)c3cc([N+](=O)[O-])cc(C(F)(F)F)c3)nc(C)nc2c2c1OC(C)C2. The first-order chi connectivity index (χ1) is 15.5. The molecule has 0 amide bonds. The number of hydrogen-bond donors (Lipinski definition) is 1. The number of benzene rings is 2. The molecule has 11 heteroatoms. The maximum absolute atomic E-state index is 13.3. The average molecular weight is 462 g/mol. The van der Waals surface area contributed by atoms with E-state index in [0.717, 1.165) is 17.7 Å². The lowest BCUT2D eigenvalue weighted by molar-refractivity contribution is -0.385. The lowest BCUT2D eigenvalue weighted by atomic mass is 10.0. The monoisotopic (exact) mass is 462 g/mol. The van der Waals surface area contributed by atoms with Crippen LogP contribution in [-0.4, -0.2) is 28.1 Å². The zero-order valence-corrected chi connectivity index (χ0v) is 18.3. The second-order valence-corrected chi connectivity index (χ2v) is 7.97. The number of anilines is 1. The number of aryl methyl sites for hydroxylation is 1. The van der Waals surface area contributed by atoms with E-state index in [0.29, 0.717) is 46.5 Å². The fourth-order valence-electron chi connectivity index (χ4n) is 3.95. The van der Waals surface area contributed by atoms with E-state index in [1.54, 1.807) is 19.9 Å². The van der Waals surface area contributed by atoms with E-state index in [4.69, 9.17) is 9.47 Å². The van der Waals surface area contributed by atoms with Gasteiger partial charge in [0.1, 0.15) is 17.7 Å². The summed E-state index contributed by atoms with van der Waals surface area (Å²) in [5, 5.41) is 14.9. The summed E-state index contributed by atoms with van der Waals surface area (Å²) >= 11 is 0. The Morgan fingerprint density at radius 3 is 2.64 bits per heavy atom. The number of fused-ring (bicyclic) bond motifs is 3. The van der Waals surface area contributed by atoms with Crippen molar-refractivity contribution in [2.75, 3.05) is 12.4 Å². The number of aromatic nitrogens is 2. The van der Waals surface area contributed by atoms with Crippen LogP contribution in [0.25, 0.3) is 10.9 Å². The first-order valence-corrected chi connectivity index (χ1v) is 10.2. The molecule has 1 aromatic heterocycles. The maximum atomic E-state index is 13.3. The van der Waals surface area contributed by atoms with Crippen molar-refractivity contribution in [2.45, 2.75) is 45.5 Å². The number of hydrogen-bond acceptors (Lipinski definition) is 7. The minimum absolute atomic E-state index is 0.0595. The summed E-state index contributed by atoms with van der Waals surface area (Å²) in [6, 6.07) is 3.54. The molecule has 3 aromatic rings. The highest BCUT2D eigenvalue weighted by atomic mass is 19.4. The van der Waals surface area contributed by atoms with Gasteiger partial charge in [-0.2, -0.15) is 13.2 Å². The van der Waals surface area contributed by atoms with Crippen LogP contribution in [0.2, 0.25) is 0 Å². The van der Waals surface area contributed by atoms with Crippen LogP contribution in [0.5, 0.6) is 11.5 Å². The van der Waals surface area contributed by atoms with Crippen LogP contribution in [0.1, 0.15) is 42.4 Å². The van der Waals surface area contributed by atoms with Gasteiger partial charge in [-0.15, -0.1) is 0 Å². The van der Waals surface area contributed by atoms with Crippen molar-refractivity contribution in [2.24, 2.45) is 0 Å². The third-order valence-corrected chi connectivity index (χ3v) is 5.48. The van der Waals surface area contributed by atoms with Crippen LogP contribution in [0.4, 0.5) is 24.7 Å². The van der Waals surface area contributed by atoms with E-state index in [-0.39, 0.29) is 11.7 Å². The van der Waals surface area contributed by atoms with E-state index in [1.807, 2.05) is 6.92 Å². The van der Waals surface area contributed by atoms with E-state index >= 15 is 0 Å². The topological polar surface area (TPSA) is 99.4 Å². The molecule has 0 saturated heterocycles. The molecule has 0 fully saturated rings. The van der Waals surface area contributed by atoms with Gasteiger partial charge < -0.3 is 14.8 Å². The van der Waals surface area contributed by atoms with Gasteiger partial charge in [-0.1, -0.05) is 0 Å². The number of nitrogens with zero attached hydrogens (tertiary/aromatic N) is 3. The highest BCUT2D eigenvalue weighted by molar-refractivity contribution is 5.95. The summed E-state index contributed by atoms with van der Waals surface area (Å²) < 4.78 is 51.3. The minimum Gasteiger partial charge on any atom is -0.493 e. The molecule has 33 heavy (non-hydrogen) atoms. The van der Waals surface area contributed by atoms with Gasteiger partial charge in [0, 0.05) is 29.5 Å². The molecule has 0 spiro atoms. The molecule has 1 aliphatic heterocycles. The second-order valence-electron chi connectivity index (χ2n) is 7.97. The number of nitro benzene ring substituents is 1. The van der Waals surface area contributed by atoms with Crippen molar-refractivity contribution >= 4 is 22.4 Å². The Morgan fingerprint density at radius 1 is 1.27 bits per heavy atom. The van der Waals surface area contributed by atoms with Crippen molar-refractivity contribution in [1.29, 1.82) is 0 Å². The van der Waals surface area contributed by atoms with Gasteiger partial charge in [-0.25, -0.2) is 9.97 Å². The van der Waals surface area contributed by atoms with E-state index in [9.17, 15) is 23.3 Å². The standard InChI is InChI=1S/C22H21F3N4O4/c1-10-5-16-19-17(9-18(32-4)20(16)33-10)21(28-12(3)27-19)26-11(2)13-6-14(22(23,24)25)8-15(7-13)29(30)31/h6-11H,5H2,1-4H3,(H,26,27,28)/t10?,11-/m1/s1. The summed E-state index contributed by atoms with van der Waals surface area (Å²) in [6.07, 6.45) is -4.16. The van der Waals surface area contributed by atoms with Crippen molar-refractivity contribution in [3.05, 3.63) is 56.9 Å². The largest absolute Gasteiger partial charge is 0.493 e. The van der Waals surface area contributed by atoms with Crippen molar-refractivity contribution in [3.8, 4) is 11.5 Å². The number of alkyl halides is 3. The Balaban J connectivity index is 1.81. The van der Waals surface area contributed by atoms with Gasteiger partial charge in [0.05, 0.1) is 29.2 Å². The number of halogens is 3. The normalized spacial score (nSPS) is 16.3. The van der Waals surface area contributed by atoms with Gasteiger partial charge in [0.25, 0.3) is 5.69 Å². The molecule has 1 aliphatic rings. The predicted molar refractivity (Wildman–Crippen MR) is 115 cm³/mol.